The normalized spacial score (nSPS) is 32.4. The molecule has 3 fully saturated rings. The average Bonchev–Trinajstić information content (AvgIpc) is 3.36. The van der Waals surface area contributed by atoms with E-state index in [1.165, 1.54) is 0 Å². The fraction of sp³-hybridized carbons (Fsp3) is 0.333. The molecule has 3 heterocycles. The van der Waals surface area contributed by atoms with Crippen molar-refractivity contribution in [1.29, 1.82) is 0 Å². The summed E-state index contributed by atoms with van der Waals surface area (Å²) in [5, 5.41) is 0. The highest BCUT2D eigenvalue weighted by molar-refractivity contribution is 5.31. The monoisotopic (exact) mass is 462 g/mol. The molecule has 6 rings (SSSR count). The van der Waals surface area contributed by atoms with Crippen molar-refractivity contribution in [1.82, 2.24) is 0 Å². The van der Waals surface area contributed by atoms with Gasteiger partial charge in [-0.3, -0.25) is 0 Å². The average molecular weight is 462 g/mol. The molecular weight excluding hydrogens is 436 g/mol. The molecule has 7 nitrogen and oxygen atoms in total. The van der Waals surface area contributed by atoms with Gasteiger partial charge in [0.15, 0.2) is 18.7 Å². The second-order valence-electron chi connectivity index (χ2n) is 8.46. The highest BCUT2D eigenvalue weighted by atomic mass is 16.8. The Morgan fingerprint density at radius 1 is 0.618 bits per heavy atom. The van der Waals surface area contributed by atoms with Gasteiger partial charge in [-0.1, -0.05) is 60.7 Å². The Bertz CT molecular complexity index is 1080. The van der Waals surface area contributed by atoms with Gasteiger partial charge in [-0.25, -0.2) is 0 Å². The molecule has 3 saturated heterocycles. The zero-order chi connectivity index (χ0) is 22.9. The lowest BCUT2D eigenvalue weighted by molar-refractivity contribution is -0.335. The van der Waals surface area contributed by atoms with Crippen LogP contribution in [-0.4, -0.2) is 44.4 Å². The SMILES string of the molecule is COc1ccc(O[C@@H]2O[C@@H]3CO[C@@H](c4ccccc4)O[C@H]3[C@@H]3O[C@@H](c4ccccc4)O[C@H]23)cc1. The molecule has 3 aromatic carbocycles. The van der Waals surface area contributed by atoms with Gasteiger partial charge in [0.1, 0.15) is 29.8 Å². The maximum atomic E-state index is 6.43. The van der Waals surface area contributed by atoms with Crippen LogP contribution in [0.25, 0.3) is 0 Å². The van der Waals surface area contributed by atoms with E-state index in [4.69, 9.17) is 33.2 Å². The van der Waals surface area contributed by atoms with Crippen LogP contribution in [0.1, 0.15) is 23.7 Å². The van der Waals surface area contributed by atoms with Gasteiger partial charge in [-0.15, -0.1) is 0 Å². The molecule has 0 unspecified atom stereocenters. The zero-order valence-electron chi connectivity index (χ0n) is 18.7. The van der Waals surface area contributed by atoms with Crippen molar-refractivity contribution < 1.29 is 33.2 Å². The van der Waals surface area contributed by atoms with E-state index in [1.54, 1.807) is 7.11 Å². The molecular formula is C27H26O7. The van der Waals surface area contributed by atoms with Gasteiger partial charge >= 0.3 is 0 Å². The third-order valence-corrected chi connectivity index (χ3v) is 6.30. The second kappa shape index (κ2) is 9.37. The Labute approximate surface area is 198 Å². The number of hydrogen-bond donors (Lipinski definition) is 0. The first-order chi connectivity index (χ1) is 16.8. The van der Waals surface area contributed by atoms with Crippen molar-refractivity contribution >= 4 is 0 Å². The smallest absolute Gasteiger partial charge is 0.229 e. The molecule has 0 N–H and O–H groups in total. The fourth-order valence-corrected chi connectivity index (χ4v) is 4.59. The molecule has 7 heteroatoms. The van der Waals surface area contributed by atoms with Crippen LogP contribution in [-0.2, 0) is 23.7 Å². The van der Waals surface area contributed by atoms with Crippen LogP contribution in [0.3, 0.4) is 0 Å². The highest BCUT2D eigenvalue weighted by Crippen LogP contribution is 2.43. The zero-order valence-corrected chi connectivity index (χ0v) is 18.7. The van der Waals surface area contributed by atoms with Crippen LogP contribution in [0.4, 0.5) is 0 Å². The summed E-state index contributed by atoms with van der Waals surface area (Å²) in [6, 6.07) is 27.1. The predicted molar refractivity (Wildman–Crippen MR) is 121 cm³/mol. The highest BCUT2D eigenvalue weighted by Gasteiger charge is 2.57. The van der Waals surface area contributed by atoms with Crippen molar-refractivity contribution in [2.24, 2.45) is 0 Å². The second-order valence-corrected chi connectivity index (χ2v) is 8.46. The van der Waals surface area contributed by atoms with Crippen molar-refractivity contribution in [3.63, 3.8) is 0 Å². The van der Waals surface area contributed by atoms with Gasteiger partial charge in [0, 0.05) is 11.1 Å². The molecule has 0 aromatic heterocycles. The number of ether oxygens (including phenoxy) is 7. The quantitative estimate of drug-likeness (QED) is 0.557. The van der Waals surface area contributed by atoms with Crippen LogP contribution in [0.2, 0.25) is 0 Å². The Hall–Kier alpha value is -2.94. The Morgan fingerprint density at radius 2 is 1.21 bits per heavy atom. The van der Waals surface area contributed by atoms with E-state index in [-0.39, 0.29) is 18.3 Å². The van der Waals surface area contributed by atoms with E-state index in [9.17, 15) is 0 Å². The summed E-state index contributed by atoms with van der Waals surface area (Å²) < 4.78 is 43.0. The van der Waals surface area contributed by atoms with E-state index in [0.717, 1.165) is 16.9 Å². The first kappa shape index (κ1) is 21.6. The Balaban J connectivity index is 1.26. The number of fused-ring (bicyclic) bond motifs is 3. The molecule has 0 bridgehead atoms. The third kappa shape index (κ3) is 4.17. The fourth-order valence-electron chi connectivity index (χ4n) is 4.59. The van der Waals surface area contributed by atoms with Crippen LogP contribution < -0.4 is 9.47 Å². The molecule has 176 valence electrons. The third-order valence-electron chi connectivity index (χ3n) is 6.30. The molecule has 7 atom stereocenters. The molecule has 3 aliphatic rings. The van der Waals surface area contributed by atoms with E-state index in [1.807, 2.05) is 84.9 Å². The topological polar surface area (TPSA) is 64.6 Å². The van der Waals surface area contributed by atoms with Gasteiger partial charge in [0.2, 0.25) is 6.29 Å². The maximum absolute atomic E-state index is 6.43. The lowest BCUT2D eigenvalue weighted by Crippen LogP contribution is -2.61. The van der Waals surface area contributed by atoms with Crippen molar-refractivity contribution in [2.75, 3.05) is 13.7 Å². The van der Waals surface area contributed by atoms with Crippen LogP contribution in [0.15, 0.2) is 84.9 Å². The Morgan fingerprint density at radius 3 is 1.88 bits per heavy atom. The lowest BCUT2D eigenvalue weighted by atomic mass is 9.98. The lowest BCUT2D eigenvalue weighted by Gasteiger charge is -2.45. The van der Waals surface area contributed by atoms with Gasteiger partial charge in [-0.05, 0) is 24.3 Å². The summed E-state index contributed by atoms with van der Waals surface area (Å²) >= 11 is 0. The summed E-state index contributed by atoms with van der Waals surface area (Å²) in [6.45, 7) is 0.356. The molecule has 3 aromatic rings. The number of hydrogen-bond acceptors (Lipinski definition) is 7. The predicted octanol–water partition coefficient (Wildman–Crippen LogP) is 4.40. The van der Waals surface area contributed by atoms with Crippen LogP contribution in [0.5, 0.6) is 11.5 Å². The van der Waals surface area contributed by atoms with Crippen LogP contribution >= 0.6 is 0 Å². The molecule has 0 aliphatic carbocycles. The summed E-state index contributed by atoms with van der Waals surface area (Å²) in [4.78, 5) is 0. The molecule has 34 heavy (non-hydrogen) atoms. The molecule has 0 amide bonds. The summed E-state index contributed by atoms with van der Waals surface area (Å²) in [5.41, 5.74) is 1.89. The first-order valence-corrected chi connectivity index (χ1v) is 11.4. The molecule has 0 saturated carbocycles. The Kier molecular flexibility index (Phi) is 5.95. The molecule has 0 spiro atoms. The van der Waals surface area contributed by atoms with E-state index >= 15 is 0 Å². The van der Waals surface area contributed by atoms with E-state index in [0.29, 0.717) is 12.4 Å². The van der Waals surface area contributed by atoms with Crippen molar-refractivity contribution in [2.45, 2.75) is 43.3 Å². The number of rotatable bonds is 5. The van der Waals surface area contributed by atoms with E-state index in [2.05, 4.69) is 0 Å². The number of benzene rings is 3. The summed E-state index contributed by atoms with van der Waals surface area (Å²) in [5.74, 6) is 1.40. The first-order valence-electron chi connectivity index (χ1n) is 11.4. The minimum atomic E-state index is -0.686. The minimum Gasteiger partial charge on any atom is -0.497 e. The van der Waals surface area contributed by atoms with Crippen molar-refractivity contribution in [3.8, 4) is 11.5 Å². The van der Waals surface area contributed by atoms with Crippen LogP contribution in [0, 0.1) is 0 Å². The summed E-state index contributed by atoms with van der Waals surface area (Å²) in [6.07, 6.45) is -3.32. The largest absolute Gasteiger partial charge is 0.497 e. The number of methoxy groups -OCH3 is 1. The van der Waals surface area contributed by atoms with Crippen molar-refractivity contribution in [3.05, 3.63) is 96.1 Å². The van der Waals surface area contributed by atoms with Gasteiger partial charge in [-0.2, -0.15) is 0 Å². The van der Waals surface area contributed by atoms with E-state index < -0.39 is 25.0 Å². The summed E-state index contributed by atoms with van der Waals surface area (Å²) in [7, 11) is 1.63. The molecule has 3 aliphatic heterocycles. The standard InChI is InChI=1S/C27H26O7/c1-28-19-12-14-20(15-13-19)30-27-24-23(33-26(34-24)18-10-6-3-7-11-18)22-21(31-27)16-29-25(32-22)17-8-4-2-5-9-17/h2-15,21-27H,16H2,1H3/t21-,22-,23+,24+,25-,26-,27-/m1/s1. The molecule has 0 radical (unpaired) electrons. The van der Waals surface area contributed by atoms with Gasteiger partial charge in [0.25, 0.3) is 0 Å². The van der Waals surface area contributed by atoms with Gasteiger partial charge in [0.05, 0.1) is 13.7 Å². The van der Waals surface area contributed by atoms with Gasteiger partial charge < -0.3 is 33.2 Å². The minimum absolute atomic E-state index is 0.356. The maximum Gasteiger partial charge on any atom is 0.229 e.